The molecule has 0 bridgehead atoms. The fraction of sp³-hybridized carbons (Fsp3) is 0.273. The predicted molar refractivity (Wildman–Crippen MR) is 58.8 cm³/mol. The Hall–Kier alpha value is -0.286. The molecule has 2 nitrogen and oxygen atoms in total. The molecule has 17 heavy (non-hydrogen) atoms. The SMILES string of the molecule is [CH2-]CN(C[CH2-])c1ccc(N)cc1C(F)(F)F.[Y]. The minimum absolute atomic E-state index is 0. The first-order valence-electron chi connectivity index (χ1n) is 4.70. The fourth-order valence-corrected chi connectivity index (χ4v) is 1.41. The van der Waals surface area contributed by atoms with E-state index in [-0.39, 0.29) is 57.2 Å². The van der Waals surface area contributed by atoms with Crippen LogP contribution in [0, 0.1) is 13.8 Å². The van der Waals surface area contributed by atoms with Crippen molar-refractivity contribution in [3.63, 3.8) is 0 Å². The molecular weight excluding hydrogens is 306 g/mol. The summed E-state index contributed by atoms with van der Waals surface area (Å²) in [5.41, 5.74) is 4.76. The summed E-state index contributed by atoms with van der Waals surface area (Å²) in [6.45, 7) is 7.57. The molecular formula is C11H13F3N2Y-2. The van der Waals surface area contributed by atoms with E-state index in [1.807, 2.05) is 0 Å². The van der Waals surface area contributed by atoms with Gasteiger partial charge in [0.15, 0.2) is 0 Å². The summed E-state index contributed by atoms with van der Waals surface area (Å²) in [4.78, 5) is 1.43. The van der Waals surface area contributed by atoms with Gasteiger partial charge >= 0.3 is 6.18 Å². The molecule has 0 saturated heterocycles. The number of alkyl halides is 3. The second-order valence-corrected chi connectivity index (χ2v) is 3.26. The van der Waals surface area contributed by atoms with E-state index in [0.29, 0.717) is 0 Å². The van der Waals surface area contributed by atoms with E-state index in [4.69, 9.17) is 5.73 Å². The van der Waals surface area contributed by atoms with Crippen molar-refractivity contribution in [2.75, 3.05) is 23.7 Å². The second kappa shape index (κ2) is 6.59. The summed E-state index contributed by atoms with van der Waals surface area (Å²) >= 11 is 0. The molecule has 1 aromatic carbocycles. The normalized spacial score (nSPS) is 10.9. The number of hydrogen-bond donors (Lipinski definition) is 1. The number of nitrogens with zero attached hydrogens (tertiary/aromatic N) is 1. The number of anilines is 2. The zero-order valence-corrected chi connectivity index (χ0v) is 12.1. The molecule has 0 aliphatic carbocycles. The molecule has 6 heteroatoms. The Morgan fingerprint density at radius 1 is 1.18 bits per heavy atom. The third-order valence-corrected chi connectivity index (χ3v) is 2.21. The van der Waals surface area contributed by atoms with Gasteiger partial charge in [0.1, 0.15) is 0 Å². The van der Waals surface area contributed by atoms with Crippen molar-refractivity contribution in [1.29, 1.82) is 0 Å². The minimum atomic E-state index is -4.42. The largest absolute Gasteiger partial charge is 0.431 e. The number of nitrogens with two attached hydrogens (primary N) is 1. The van der Waals surface area contributed by atoms with Crippen molar-refractivity contribution in [3.8, 4) is 0 Å². The molecule has 93 valence electrons. The first-order chi connectivity index (χ1) is 7.40. The smallest absolute Gasteiger partial charge is 0.418 e. The number of benzene rings is 1. The fourth-order valence-electron chi connectivity index (χ4n) is 1.41. The van der Waals surface area contributed by atoms with Crippen LogP contribution in [0.1, 0.15) is 5.56 Å². The van der Waals surface area contributed by atoms with Crippen LogP contribution in [-0.4, -0.2) is 13.1 Å². The monoisotopic (exact) mass is 319 g/mol. The van der Waals surface area contributed by atoms with E-state index >= 15 is 0 Å². The van der Waals surface area contributed by atoms with Gasteiger partial charge < -0.3 is 24.5 Å². The maximum absolute atomic E-state index is 12.7. The van der Waals surface area contributed by atoms with E-state index in [1.54, 1.807) is 0 Å². The summed E-state index contributed by atoms with van der Waals surface area (Å²) < 4.78 is 38.2. The van der Waals surface area contributed by atoms with Crippen molar-refractivity contribution >= 4 is 11.4 Å². The molecule has 1 radical (unpaired) electrons. The minimum Gasteiger partial charge on any atom is -0.431 e. The summed E-state index contributed by atoms with van der Waals surface area (Å²) in [5, 5.41) is 0. The quantitative estimate of drug-likeness (QED) is 0.686. The molecule has 1 rings (SSSR count). The van der Waals surface area contributed by atoms with Gasteiger partial charge in [-0.2, -0.15) is 13.2 Å². The third kappa shape index (κ3) is 4.14. The summed E-state index contributed by atoms with van der Waals surface area (Å²) in [7, 11) is 0. The van der Waals surface area contributed by atoms with Gasteiger partial charge in [-0.3, -0.25) is 0 Å². The summed E-state index contributed by atoms with van der Waals surface area (Å²) in [5.74, 6) is 0. The molecule has 0 aliphatic heterocycles. The number of hydrogen-bond acceptors (Lipinski definition) is 2. The topological polar surface area (TPSA) is 29.3 Å². The maximum atomic E-state index is 12.7. The van der Waals surface area contributed by atoms with Crippen molar-refractivity contribution in [1.82, 2.24) is 0 Å². The van der Waals surface area contributed by atoms with Crippen LogP contribution in [0.15, 0.2) is 18.2 Å². The Balaban J connectivity index is 0.00000256. The average molecular weight is 319 g/mol. The molecule has 1 aromatic rings. The number of rotatable bonds is 3. The van der Waals surface area contributed by atoms with Gasteiger partial charge in [0.2, 0.25) is 0 Å². The Morgan fingerprint density at radius 3 is 2.12 bits per heavy atom. The molecule has 0 spiro atoms. The van der Waals surface area contributed by atoms with Crippen molar-refractivity contribution in [2.45, 2.75) is 6.18 Å². The van der Waals surface area contributed by atoms with Crippen molar-refractivity contribution < 1.29 is 45.9 Å². The van der Waals surface area contributed by atoms with Gasteiger partial charge in [-0.15, -0.1) is 13.1 Å². The first-order valence-corrected chi connectivity index (χ1v) is 4.70. The van der Waals surface area contributed by atoms with Gasteiger partial charge in [0.25, 0.3) is 0 Å². The standard InChI is InChI=1S/C11H13F3N2.Y/c1-3-16(4-2)10-6-5-8(15)7-9(10)11(12,13)14;/h5-7H,1-4,15H2;/q-2;. The average Bonchev–Trinajstić information content (AvgIpc) is 2.20. The zero-order valence-electron chi connectivity index (χ0n) is 9.30. The Labute approximate surface area is 124 Å². The summed E-state index contributed by atoms with van der Waals surface area (Å²) in [6.07, 6.45) is -4.42. The molecule has 0 atom stereocenters. The van der Waals surface area contributed by atoms with Crippen LogP contribution in [0.5, 0.6) is 0 Å². The van der Waals surface area contributed by atoms with E-state index in [9.17, 15) is 13.2 Å². The summed E-state index contributed by atoms with van der Waals surface area (Å²) in [6, 6.07) is 3.70. The molecule has 0 aliphatic rings. The maximum Gasteiger partial charge on any atom is 0.418 e. The van der Waals surface area contributed by atoms with Crippen LogP contribution in [0.25, 0.3) is 0 Å². The first kappa shape index (κ1) is 16.7. The van der Waals surface area contributed by atoms with Crippen LogP contribution in [-0.2, 0) is 38.9 Å². The van der Waals surface area contributed by atoms with Gasteiger partial charge in [-0.05, 0) is 18.2 Å². The Kier molecular flexibility index (Phi) is 6.48. The Bertz CT molecular complexity index is 362. The number of halogens is 3. The second-order valence-electron chi connectivity index (χ2n) is 3.26. The van der Waals surface area contributed by atoms with Gasteiger partial charge in [-0.25, -0.2) is 0 Å². The van der Waals surface area contributed by atoms with Crippen LogP contribution < -0.4 is 10.6 Å². The van der Waals surface area contributed by atoms with Crippen LogP contribution >= 0.6 is 0 Å². The zero-order chi connectivity index (χ0) is 12.3. The molecule has 0 fully saturated rings. The third-order valence-electron chi connectivity index (χ3n) is 2.21. The van der Waals surface area contributed by atoms with E-state index in [0.717, 1.165) is 6.07 Å². The van der Waals surface area contributed by atoms with Gasteiger partial charge in [-0.1, -0.05) is 0 Å². The van der Waals surface area contributed by atoms with Crippen molar-refractivity contribution in [2.24, 2.45) is 0 Å². The van der Waals surface area contributed by atoms with Gasteiger partial charge in [0, 0.05) is 44.1 Å². The Morgan fingerprint density at radius 2 is 1.71 bits per heavy atom. The van der Waals surface area contributed by atoms with Crippen LogP contribution in [0.4, 0.5) is 24.5 Å². The molecule has 0 amide bonds. The molecule has 0 aromatic heterocycles. The molecule has 2 N–H and O–H groups in total. The van der Waals surface area contributed by atoms with Gasteiger partial charge in [0.05, 0.1) is 5.56 Å². The molecule has 0 saturated carbocycles. The van der Waals surface area contributed by atoms with Crippen LogP contribution in [0.3, 0.4) is 0 Å². The van der Waals surface area contributed by atoms with Crippen molar-refractivity contribution in [3.05, 3.63) is 37.6 Å². The van der Waals surface area contributed by atoms with Crippen LogP contribution in [0.2, 0.25) is 0 Å². The predicted octanol–water partition coefficient (Wildman–Crippen LogP) is 2.76. The molecule has 0 unspecified atom stereocenters. The van der Waals surface area contributed by atoms with E-state index < -0.39 is 11.7 Å². The van der Waals surface area contributed by atoms with E-state index in [1.165, 1.54) is 17.0 Å². The van der Waals surface area contributed by atoms with E-state index in [2.05, 4.69) is 13.8 Å². The number of nitrogen functional groups attached to an aromatic ring is 1. The molecule has 0 heterocycles.